The van der Waals surface area contributed by atoms with Gasteiger partial charge in [-0.3, -0.25) is 14.6 Å². The molecular formula is C24H34N6O3. The second kappa shape index (κ2) is 10.6. The van der Waals surface area contributed by atoms with E-state index in [4.69, 9.17) is 4.98 Å². The topological polar surface area (TPSA) is 123 Å². The van der Waals surface area contributed by atoms with E-state index in [0.717, 1.165) is 11.3 Å². The lowest BCUT2D eigenvalue weighted by Crippen LogP contribution is -2.37. The van der Waals surface area contributed by atoms with Gasteiger partial charge in [0.25, 0.3) is 11.5 Å². The Labute approximate surface area is 194 Å². The van der Waals surface area contributed by atoms with Gasteiger partial charge in [0, 0.05) is 55.8 Å². The minimum absolute atomic E-state index is 0.101. The number of aromatic amines is 1. The number of aliphatic hydroxyl groups excluding tert-OH is 1. The Kier molecular flexibility index (Phi) is 7.86. The molecule has 33 heavy (non-hydrogen) atoms. The molecule has 2 aromatic heterocycles. The molecule has 3 heterocycles. The van der Waals surface area contributed by atoms with E-state index in [1.807, 2.05) is 33.8 Å². The van der Waals surface area contributed by atoms with Gasteiger partial charge >= 0.3 is 0 Å². The molecule has 9 nitrogen and oxygen atoms in total. The number of pyridine rings is 2. The van der Waals surface area contributed by atoms with E-state index in [1.165, 1.54) is 0 Å². The van der Waals surface area contributed by atoms with Crippen LogP contribution in [0.5, 0.6) is 0 Å². The molecule has 1 aliphatic rings. The quantitative estimate of drug-likeness (QED) is 0.476. The Morgan fingerprint density at radius 3 is 2.64 bits per heavy atom. The average molecular weight is 455 g/mol. The summed E-state index contributed by atoms with van der Waals surface area (Å²) < 4.78 is 0. The van der Waals surface area contributed by atoms with Crippen molar-refractivity contribution in [2.45, 2.75) is 59.2 Å². The van der Waals surface area contributed by atoms with Crippen LogP contribution >= 0.6 is 0 Å². The number of piperidine rings is 1. The van der Waals surface area contributed by atoms with Crippen LogP contribution in [0.1, 0.15) is 59.4 Å². The van der Waals surface area contributed by atoms with Crippen molar-refractivity contribution < 1.29 is 9.90 Å². The molecule has 1 saturated heterocycles. The van der Waals surface area contributed by atoms with E-state index in [2.05, 4.69) is 25.5 Å². The van der Waals surface area contributed by atoms with E-state index < -0.39 is 0 Å². The van der Waals surface area contributed by atoms with Crippen molar-refractivity contribution in [1.29, 1.82) is 0 Å². The maximum atomic E-state index is 13.3. The zero-order valence-corrected chi connectivity index (χ0v) is 20.0. The first kappa shape index (κ1) is 24.4. The zero-order valence-electron chi connectivity index (χ0n) is 20.0. The molecule has 0 saturated carbocycles. The van der Waals surface area contributed by atoms with Crippen LogP contribution in [0, 0.1) is 13.8 Å². The predicted molar refractivity (Wildman–Crippen MR) is 132 cm³/mol. The number of aromatic nitrogens is 2. The van der Waals surface area contributed by atoms with E-state index in [1.54, 1.807) is 19.3 Å². The summed E-state index contributed by atoms with van der Waals surface area (Å²) in [5.74, 6) is 0.943. The van der Waals surface area contributed by atoms with Crippen molar-refractivity contribution in [2.75, 3.05) is 30.4 Å². The Morgan fingerprint density at radius 2 is 2.03 bits per heavy atom. The Bertz CT molecular complexity index is 1080. The van der Waals surface area contributed by atoms with E-state index in [9.17, 15) is 14.7 Å². The molecule has 0 unspecified atom stereocenters. The normalized spacial score (nSPS) is 14.8. The molecule has 0 aliphatic carbocycles. The van der Waals surface area contributed by atoms with Gasteiger partial charge in [-0.15, -0.1) is 0 Å². The van der Waals surface area contributed by atoms with Crippen LogP contribution in [-0.4, -0.2) is 59.5 Å². The van der Waals surface area contributed by atoms with Gasteiger partial charge in [0.05, 0.1) is 11.7 Å². The average Bonchev–Trinajstić information content (AvgIpc) is 2.74. The van der Waals surface area contributed by atoms with Gasteiger partial charge < -0.3 is 25.6 Å². The minimum atomic E-state index is -0.309. The fourth-order valence-corrected chi connectivity index (χ4v) is 3.99. The van der Waals surface area contributed by atoms with Crippen molar-refractivity contribution >= 4 is 23.8 Å². The second-order valence-electron chi connectivity index (χ2n) is 8.82. The summed E-state index contributed by atoms with van der Waals surface area (Å²) in [6.07, 6.45) is 2.63. The fraction of sp³-hybridized carbons (Fsp3) is 0.500. The number of carbonyl (C=O) groups excluding carboxylic acids is 1. The summed E-state index contributed by atoms with van der Waals surface area (Å²) in [5.41, 5.74) is 2.97. The number of hydrogen-bond acceptors (Lipinski definition) is 7. The number of aryl methyl sites for hydroxylation is 2. The van der Waals surface area contributed by atoms with E-state index >= 15 is 0 Å². The second-order valence-corrected chi connectivity index (χ2v) is 8.82. The predicted octanol–water partition coefficient (Wildman–Crippen LogP) is 2.15. The number of amides is 1. The monoisotopic (exact) mass is 454 g/mol. The third kappa shape index (κ3) is 5.98. The van der Waals surface area contributed by atoms with Crippen LogP contribution in [0.3, 0.4) is 0 Å². The lowest BCUT2D eigenvalue weighted by molar-refractivity contribution is 0.0950. The molecular weight excluding hydrogens is 420 g/mol. The molecule has 1 aliphatic heterocycles. The van der Waals surface area contributed by atoms with Gasteiger partial charge in [-0.25, -0.2) is 4.98 Å². The van der Waals surface area contributed by atoms with Crippen molar-refractivity contribution in [3.63, 3.8) is 0 Å². The molecule has 0 aromatic carbocycles. The van der Waals surface area contributed by atoms with Gasteiger partial charge in [-0.1, -0.05) is 0 Å². The SMILES string of the molecule is CN=Cc1c(C(=O)NCc2c(C)cc(C)[nH]c2=O)cc(N2CCC(O)CC2)nc1NC(C)C. The van der Waals surface area contributed by atoms with Gasteiger partial charge in [0.2, 0.25) is 0 Å². The number of rotatable bonds is 7. The van der Waals surface area contributed by atoms with Crippen LogP contribution in [-0.2, 0) is 6.54 Å². The van der Waals surface area contributed by atoms with E-state index in [0.29, 0.717) is 54.3 Å². The first-order valence-corrected chi connectivity index (χ1v) is 11.3. The largest absolute Gasteiger partial charge is 0.393 e. The van der Waals surface area contributed by atoms with Crippen LogP contribution < -0.4 is 21.1 Å². The van der Waals surface area contributed by atoms with Crippen molar-refractivity contribution in [2.24, 2.45) is 4.99 Å². The molecule has 1 amide bonds. The van der Waals surface area contributed by atoms with E-state index in [-0.39, 0.29) is 30.2 Å². The zero-order chi connectivity index (χ0) is 24.1. The Balaban J connectivity index is 1.97. The van der Waals surface area contributed by atoms with Crippen molar-refractivity contribution in [1.82, 2.24) is 15.3 Å². The number of H-pyrrole nitrogens is 1. The molecule has 9 heteroatoms. The third-order valence-electron chi connectivity index (χ3n) is 5.68. The lowest BCUT2D eigenvalue weighted by atomic mass is 10.1. The number of anilines is 2. The first-order valence-electron chi connectivity index (χ1n) is 11.3. The summed E-state index contributed by atoms with van der Waals surface area (Å²) in [6.45, 7) is 9.14. The molecule has 0 spiro atoms. The van der Waals surface area contributed by atoms with Gasteiger partial charge in [0.1, 0.15) is 11.6 Å². The highest BCUT2D eigenvalue weighted by Gasteiger charge is 2.23. The van der Waals surface area contributed by atoms with Gasteiger partial charge in [-0.05, 0) is 58.2 Å². The molecule has 0 bridgehead atoms. The van der Waals surface area contributed by atoms with Gasteiger partial charge in [0.15, 0.2) is 0 Å². The van der Waals surface area contributed by atoms with Crippen molar-refractivity contribution in [3.8, 4) is 0 Å². The maximum absolute atomic E-state index is 13.3. The van der Waals surface area contributed by atoms with Gasteiger partial charge in [-0.2, -0.15) is 0 Å². The molecule has 178 valence electrons. The molecule has 0 atom stereocenters. The number of aliphatic imine (C=N–C) groups is 1. The standard InChI is InChI=1S/C24H34N6O3/c1-14(2)27-22-20(12-25-5)18(11-21(29-22)30-8-6-17(31)7-9-30)23(32)26-13-19-15(3)10-16(4)28-24(19)33/h10-12,14,17,31H,6-9,13H2,1-5H3,(H,26,32)(H,27,29)(H,28,33). The highest BCUT2D eigenvalue weighted by atomic mass is 16.3. The molecule has 1 fully saturated rings. The number of carbonyl (C=O) groups is 1. The highest BCUT2D eigenvalue weighted by Crippen LogP contribution is 2.26. The summed E-state index contributed by atoms with van der Waals surface area (Å²) in [4.78, 5) is 39.5. The molecule has 0 radical (unpaired) electrons. The third-order valence-corrected chi connectivity index (χ3v) is 5.68. The van der Waals surface area contributed by atoms with Crippen LogP contribution in [0.15, 0.2) is 21.9 Å². The lowest BCUT2D eigenvalue weighted by Gasteiger charge is -2.31. The first-order chi connectivity index (χ1) is 15.7. The molecule has 2 aromatic rings. The summed E-state index contributed by atoms with van der Waals surface area (Å²) >= 11 is 0. The summed E-state index contributed by atoms with van der Waals surface area (Å²) in [7, 11) is 1.65. The number of aliphatic hydroxyl groups is 1. The Hall–Kier alpha value is -3.20. The van der Waals surface area contributed by atoms with Crippen LogP contribution in [0.2, 0.25) is 0 Å². The van der Waals surface area contributed by atoms with Crippen LogP contribution in [0.25, 0.3) is 0 Å². The smallest absolute Gasteiger partial charge is 0.253 e. The Morgan fingerprint density at radius 1 is 1.33 bits per heavy atom. The summed E-state index contributed by atoms with van der Waals surface area (Å²) in [5, 5.41) is 16.1. The minimum Gasteiger partial charge on any atom is -0.393 e. The molecule has 4 N–H and O–H groups in total. The number of hydrogen-bond donors (Lipinski definition) is 4. The van der Waals surface area contributed by atoms with Crippen LogP contribution in [0.4, 0.5) is 11.6 Å². The fourth-order valence-electron chi connectivity index (χ4n) is 3.99. The highest BCUT2D eigenvalue weighted by molar-refractivity contribution is 6.05. The van der Waals surface area contributed by atoms with Crippen molar-refractivity contribution in [3.05, 3.63) is 50.4 Å². The number of nitrogens with zero attached hydrogens (tertiary/aromatic N) is 3. The molecule has 3 rings (SSSR count). The number of nitrogens with one attached hydrogen (secondary N) is 3. The summed E-state index contributed by atoms with van der Waals surface area (Å²) in [6, 6.07) is 3.75. The maximum Gasteiger partial charge on any atom is 0.253 e.